The van der Waals surface area contributed by atoms with Crippen LogP contribution >= 0.6 is 23.2 Å². The Morgan fingerprint density at radius 1 is 1.19 bits per heavy atom. The third-order valence-electron chi connectivity index (χ3n) is 6.51. The zero-order valence-corrected chi connectivity index (χ0v) is 18.8. The molecule has 0 bridgehead atoms. The molecule has 154 valence electrons. The summed E-state index contributed by atoms with van der Waals surface area (Å²) in [5.74, 6) is 1.37. The molecule has 6 nitrogen and oxygen atoms in total. The molecular weight excluding hydrogens is 385 g/mol. The van der Waals surface area contributed by atoms with Crippen molar-refractivity contribution in [1.29, 1.82) is 0 Å². The van der Waals surface area contributed by atoms with Gasteiger partial charge in [-0.2, -0.15) is 15.0 Å². The average molecular weight is 418 g/mol. The Morgan fingerprint density at radius 2 is 1.81 bits per heavy atom. The third kappa shape index (κ3) is 5.43. The number of piperidine rings is 1. The number of rotatable bonds is 8. The summed E-state index contributed by atoms with van der Waals surface area (Å²) >= 11 is 11.7. The monoisotopic (exact) mass is 417 g/mol. The Balaban J connectivity index is 2.07. The maximum atomic E-state index is 5.95. The Morgan fingerprint density at radius 3 is 2.33 bits per heavy atom. The van der Waals surface area contributed by atoms with Crippen LogP contribution in [-0.4, -0.2) is 45.8 Å². The number of aromatic nitrogens is 3. The molecule has 1 saturated heterocycles. The zero-order chi connectivity index (χ0) is 20.2. The molecule has 8 heteroatoms. The van der Waals surface area contributed by atoms with E-state index in [-0.39, 0.29) is 27.7 Å². The number of anilines is 1. The molecule has 1 aromatic rings. The summed E-state index contributed by atoms with van der Waals surface area (Å²) < 4.78 is 5.95. The first kappa shape index (κ1) is 22.6. The van der Waals surface area contributed by atoms with Crippen LogP contribution in [0.2, 0.25) is 10.6 Å². The molecule has 0 aromatic carbocycles. The summed E-state index contributed by atoms with van der Waals surface area (Å²) in [5, 5.41) is 7.30. The van der Waals surface area contributed by atoms with Gasteiger partial charge < -0.3 is 15.4 Å². The largest absolute Gasteiger partial charge is 0.381 e. The molecule has 1 fully saturated rings. The van der Waals surface area contributed by atoms with Gasteiger partial charge in [0.15, 0.2) is 0 Å². The van der Waals surface area contributed by atoms with Crippen molar-refractivity contribution >= 4 is 29.2 Å². The minimum atomic E-state index is 0.0881. The number of hydrogen-bond donors (Lipinski definition) is 2. The predicted molar refractivity (Wildman–Crippen MR) is 112 cm³/mol. The van der Waals surface area contributed by atoms with E-state index in [1.54, 1.807) is 0 Å². The van der Waals surface area contributed by atoms with E-state index in [1.807, 2.05) is 7.11 Å². The summed E-state index contributed by atoms with van der Waals surface area (Å²) in [6.45, 7) is 12.2. The highest BCUT2D eigenvalue weighted by Crippen LogP contribution is 2.43. The highest BCUT2D eigenvalue weighted by molar-refractivity contribution is 6.31. The molecule has 1 aliphatic rings. The van der Waals surface area contributed by atoms with Crippen LogP contribution < -0.4 is 10.6 Å². The number of hydrogen-bond acceptors (Lipinski definition) is 6. The van der Waals surface area contributed by atoms with Gasteiger partial charge in [0.25, 0.3) is 0 Å². The fraction of sp³-hybridized carbons (Fsp3) is 0.842. The van der Waals surface area contributed by atoms with Gasteiger partial charge in [-0.3, -0.25) is 0 Å². The van der Waals surface area contributed by atoms with Crippen LogP contribution in [0.3, 0.4) is 0 Å². The van der Waals surface area contributed by atoms with Crippen LogP contribution in [0.25, 0.3) is 0 Å². The zero-order valence-electron chi connectivity index (χ0n) is 17.3. The first-order valence-electron chi connectivity index (χ1n) is 9.79. The van der Waals surface area contributed by atoms with Crippen molar-refractivity contribution in [2.75, 3.05) is 19.0 Å². The fourth-order valence-electron chi connectivity index (χ4n) is 4.36. The van der Waals surface area contributed by atoms with Crippen molar-refractivity contribution in [3.63, 3.8) is 0 Å². The van der Waals surface area contributed by atoms with Crippen LogP contribution in [0, 0.1) is 11.8 Å². The van der Waals surface area contributed by atoms with E-state index in [1.165, 1.54) is 0 Å². The van der Waals surface area contributed by atoms with Gasteiger partial charge in [-0.15, -0.1) is 0 Å². The average Bonchev–Trinajstić information content (AvgIpc) is 2.61. The Bertz CT molecular complexity index is 614. The van der Waals surface area contributed by atoms with Crippen molar-refractivity contribution in [3.8, 4) is 0 Å². The molecule has 0 aliphatic carbocycles. The molecule has 2 rings (SSSR count). The van der Waals surface area contributed by atoms with Gasteiger partial charge in [-0.25, -0.2) is 0 Å². The summed E-state index contributed by atoms with van der Waals surface area (Å²) in [4.78, 5) is 11.9. The maximum absolute atomic E-state index is 5.95. The number of nitrogens with zero attached hydrogens (tertiary/aromatic N) is 3. The Labute approximate surface area is 173 Å². The smallest absolute Gasteiger partial charge is 0.228 e. The lowest BCUT2D eigenvalue weighted by Crippen LogP contribution is -2.65. The number of halogens is 2. The molecule has 5 unspecified atom stereocenters. The molecule has 2 heterocycles. The molecule has 5 atom stereocenters. The van der Waals surface area contributed by atoms with E-state index >= 15 is 0 Å². The van der Waals surface area contributed by atoms with Gasteiger partial charge in [0.1, 0.15) is 0 Å². The van der Waals surface area contributed by atoms with Gasteiger partial charge in [-0.05, 0) is 74.6 Å². The van der Waals surface area contributed by atoms with Gasteiger partial charge >= 0.3 is 0 Å². The van der Waals surface area contributed by atoms with Crippen LogP contribution in [0.15, 0.2) is 0 Å². The predicted octanol–water partition coefficient (Wildman–Crippen LogP) is 4.58. The maximum Gasteiger partial charge on any atom is 0.228 e. The van der Waals surface area contributed by atoms with Crippen LogP contribution in [0.1, 0.15) is 60.3 Å². The third-order valence-corrected chi connectivity index (χ3v) is 6.85. The summed E-state index contributed by atoms with van der Waals surface area (Å²) in [6.07, 6.45) is 4.30. The minimum Gasteiger partial charge on any atom is -0.381 e. The summed E-state index contributed by atoms with van der Waals surface area (Å²) in [5.41, 5.74) is 0.231. The molecule has 27 heavy (non-hydrogen) atoms. The second-order valence-electron chi connectivity index (χ2n) is 8.15. The molecule has 1 aromatic heterocycles. The number of methoxy groups -OCH3 is 1. The molecule has 0 spiro atoms. The quantitative estimate of drug-likeness (QED) is 0.644. The molecule has 0 radical (unpaired) electrons. The molecule has 0 amide bonds. The van der Waals surface area contributed by atoms with E-state index in [2.05, 4.69) is 60.2 Å². The summed E-state index contributed by atoms with van der Waals surface area (Å²) in [7, 11) is 1.81. The Hall–Kier alpha value is -0.690. The van der Waals surface area contributed by atoms with Gasteiger partial charge in [0, 0.05) is 24.7 Å². The second kappa shape index (κ2) is 9.21. The first-order valence-corrected chi connectivity index (χ1v) is 10.5. The Kier molecular flexibility index (Phi) is 7.70. The SMILES string of the molecule is CCC1(C)CC(C(CCNc2nc(Cl)nc(Cl)n2)OC)C(C)C(C)(CC)N1. The van der Waals surface area contributed by atoms with Crippen molar-refractivity contribution in [2.24, 2.45) is 11.8 Å². The topological polar surface area (TPSA) is 72.0 Å². The van der Waals surface area contributed by atoms with E-state index < -0.39 is 0 Å². The van der Waals surface area contributed by atoms with Gasteiger partial charge in [0.2, 0.25) is 16.5 Å². The van der Waals surface area contributed by atoms with E-state index in [9.17, 15) is 0 Å². The second-order valence-corrected chi connectivity index (χ2v) is 8.83. The normalized spacial score (nSPS) is 32.3. The molecular formula is C19H33Cl2N5O. The van der Waals surface area contributed by atoms with E-state index in [0.29, 0.717) is 24.3 Å². The van der Waals surface area contributed by atoms with Crippen LogP contribution in [0.4, 0.5) is 5.95 Å². The van der Waals surface area contributed by atoms with E-state index in [4.69, 9.17) is 27.9 Å². The van der Waals surface area contributed by atoms with E-state index in [0.717, 1.165) is 25.7 Å². The van der Waals surface area contributed by atoms with Crippen molar-refractivity contribution in [2.45, 2.75) is 77.5 Å². The molecule has 1 aliphatic heterocycles. The fourth-order valence-corrected chi connectivity index (χ4v) is 4.72. The van der Waals surface area contributed by atoms with Gasteiger partial charge in [-0.1, -0.05) is 20.8 Å². The van der Waals surface area contributed by atoms with Crippen molar-refractivity contribution in [3.05, 3.63) is 10.6 Å². The van der Waals surface area contributed by atoms with Crippen molar-refractivity contribution in [1.82, 2.24) is 20.3 Å². The number of ether oxygens (including phenoxy) is 1. The summed E-state index contributed by atoms with van der Waals surface area (Å²) in [6, 6.07) is 0. The van der Waals surface area contributed by atoms with Crippen molar-refractivity contribution < 1.29 is 4.74 Å². The minimum absolute atomic E-state index is 0.0881. The van der Waals surface area contributed by atoms with Crippen LogP contribution in [-0.2, 0) is 4.74 Å². The highest BCUT2D eigenvalue weighted by Gasteiger charge is 2.48. The lowest BCUT2D eigenvalue weighted by Gasteiger charge is -2.55. The lowest BCUT2D eigenvalue weighted by atomic mass is 9.64. The number of nitrogens with one attached hydrogen (secondary N) is 2. The van der Waals surface area contributed by atoms with Crippen LogP contribution in [0.5, 0.6) is 0 Å². The molecule has 2 N–H and O–H groups in total. The highest BCUT2D eigenvalue weighted by atomic mass is 35.5. The lowest BCUT2D eigenvalue weighted by molar-refractivity contribution is -0.0494. The standard InChI is InChI=1S/C19H33Cl2N5O/c1-7-18(4)11-13(12(3)19(5,8-2)26-18)14(27-6)9-10-22-17-24-15(20)23-16(21)25-17/h12-14,26H,7-11H2,1-6H3,(H,22,23,24,25). The first-order chi connectivity index (χ1) is 12.7. The molecule has 0 saturated carbocycles. The van der Waals surface area contributed by atoms with Gasteiger partial charge in [0.05, 0.1) is 6.10 Å².